The number of aryl methyl sites for hydroxylation is 2. The number of thiazole rings is 1. The standard InChI is InChI=1S/C27H24N2O2S3/c1-12-7-9-14(10-8-12)29-25(30)20-16-11-17(21(20)26(29)31)22-19(16)18(15-6-4-3-5-13(15)2)23-24(33-22)28-27(32)34-23/h3-10,16-22H,11H2,1-2H3,(H,28,32). The van der Waals surface area contributed by atoms with Gasteiger partial charge in [0.1, 0.15) is 0 Å². The van der Waals surface area contributed by atoms with E-state index in [2.05, 4.69) is 36.2 Å². The fourth-order valence-corrected chi connectivity index (χ4v) is 10.6. The van der Waals surface area contributed by atoms with Gasteiger partial charge in [0, 0.05) is 16.0 Å². The average molecular weight is 505 g/mol. The van der Waals surface area contributed by atoms with Crippen LogP contribution in [0.1, 0.15) is 33.9 Å². The van der Waals surface area contributed by atoms with Crippen LogP contribution >= 0.6 is 35.3 Å². The zero-order valence-electron chi connectivity index (χ0n) is 18.9. The highest BCUT2D eigenvalue weighted by molar-refractivity contribution is 8.00. The lowest BCUT2D eigenvalue weighted by atomic mass is 9.67. The number of nitrogens with zero attached hydrogens (tertiary/aromatic N) is 1. The van der Waals surface area contributed by atoms with Crippen molar-refractivity contribution in [3.63, 3.8) is 0 Å². The van der Waals surface area contributed by atoms with Crippen molar-refractivity contribution >= 4 is 52.8 Å². The minimum atomic E-state index is -0.208. The van der Waals surface area contributed by atoms with Crippen LogP contribution in [0.3, 0.4) is 0 Å². The van der Waals surface area contributed by atoms with Crippen molar-refractivity contribution < 1.29 is 9.59 Å². The van der Waals surface area contributed by atoms with Gasteiger partial charge in [-0.15, -0.1) is 23.1 Å². The number of hydrogen-bond donors (Lipinski definition) is 1. The molecule has 7 heteroatoms. The van der Waals surface area contributed by atoms with E-state index in [-0.39, 0.29) is 41.4 Å². The molecule has 3 fully saturated rings. The second-order valence-electron chi connectivity index (χ2n) is 10.2. The van der Waals surface area contributed by atoms with E-state index < -0.39 is 0 Å². The zero-order chi connectivity index (χ0) is 23.3. The Morgan fingerprint density at radius 3 is 2.41 bits per heavy atom. The number of amides is 2. The van der Waals surface area contributed by atoms with Gasteiger partial charge in [0.25, 0.3) is 0 Å². The van der Waals surface area contributed by atoms with Crippen LogP contribution in [-0.2, 0) is 9.59 Å². The number of carbonyl (C=O) groups excluding carboxylic acids is 2. The molecule has 7 unspecified atom stereocenters. The van der Waals surface area contributed by atoms with Crippen LogP contribution in [0.15, 0.2) is 53.6 Å². The molecular weight excluding hydrogens is 481 g/mol. The molecule has 2 aliphatic heterocycles. The normalized spacial score (nSPS) is 33.2. The predicted molar refractivity (Wildman–Crippen MR) is 138 cm³/mol. The number of nitrogens with one attached hydrogen (secondary N) is 1. The molecule has 1 aromatic heterocycles. The second-order valence-corrected chi connectivity index (χ2v) is 13.1. The average Bonchev–Trinajstić information content (AvgIpc) is 3.54. The van der Waals surface area contributed by atoms with Crippen LogP contribution in [0.2, 0.25) is 0 Å². The van der Waals surface area contributed by atoms with E-state index in [0.29, 0.717) is 16.9 Å². The third kappa shape index (κ3) is 2.75. The lowest BCUT2D eigenvalue weighted by Crippen LogP contribution is -2.42. The van der Waals surface area contributed by atoms with Crippen molar-refractivity contribution in [2.75, 3.05) is 4.90 Å². The van der Waals surface area contributed by atoms with Crippen LogP contribution in [-0.4, -0.2) is 22.0 Å². The fraction of sp³-hybridized carbons (Fsp3) is 0.370. The summed E-state index contributed by atoms with van der Waals surface area (Å²) >= 11 is 9.11. The van der Waals surface area contributed by atoms with E-state index in [4.69, 9.17) is 12.2 Å². The van der Waals surface area contributed by atoms with E-state index in [1.54, 1.807) is 11.3 Å². The molecule has 2 aliphatic carbocycles. The summed E-state index contributed by atoms with van der Waals surface area (Å²) in [4.78, 5) is 33.7. The monoisotopic (exact) mass is 504 g/mol. The van der Waals surface area contributed by atoms with Crippen molar-refractivity contribution in [1.29, 1.82) is 0 Å². The first kappa shape index (κ1) is 21.1. The molecule has 2 amide bonds. The summed E-state index contributed by atoms with van der Waals surface area (Å²) in [6.07, 6.45) is 0.967. The Morgan fingerprint density at radius 2 is 1.68 bits per heavy atom. The van der Waals surface area contributed by atoms with Crippen LogP contribution < -0.4 is 4.90 Å². The lowest BCUT2D eigenvalue weighted by Gasteiger charge is -2.43. The summed E-state index contributed by atoms with van der Waals surface area (Å²) in [6, 6.07) is 16.4. The van der Waals surface area contributed by atoms with Gasteiger partial charge in [0.05, 0.1) is 22.5 Å². The zero-order valence-corrected chi connectivity index (χ0v) is 21.3. The lowest BCUT2D eigenvalue weighted by molar-refractivity contribution is -0.123. The Hall–Kier alpha value is -2.22. The summed E-state index contributed by atoms with van der Waals surface area (Å²) in [6.45, 7) is 4.20. The Balaban J connectivity index is 1.34. The first-order valence-electron chi connectivity index (χ1n) is 11.8. The van der Waals surface area contributed by atoms with E-state index in [0.717, 1.165) is 15.9 Å². The molecule has 34 heavy (non-hydrogen) atoms. The molecule has 3 aromatic rings. The molecule has 3 heterocycles. The molecule has 0 spiro atoms. The minimum Gasteiger partial charge on any atom is -0.332 e. The quantitative estimate of drug-likeness (QED) is 0.338. The summed E-state index contributed by atoms with van der Waals surface area (Å²) < 4.78 is 0.807. The van der Waals surface area contributed by atoms with E-state index in [9.17, 15) is 9.59 Å². The van der Waals surface area contributed by atoms with Gasteiger partial charge in [-0.05, 0) is 73.5 Å². The molecule has 7 atom stereocenters. The van der Waals surface area contributed by atoms with Crippen molar-refractivity contribution in [3.8, 4) is 0 Å². The molecular formula is C27H24N2O2S3. The highest BCUT2D eigenvalue weighted by Crippen LogP contribution is 2.69. The van der Waals surface area contributed by atoms with Gasteiger partial charge in [0.2, 0.25) is 11.8 Å². The number of hydrogen-bond acceptors (Lipinski definition) is 5. The Morgan fingerprint density at radius 1 is 0.971 bits per heavy atom. The number of carbonyl (C=O) groups is 2. The molecule has 4 aliphatic rings. The van der Waals surface area contributed by atoms with Crippen molar-refractivity contribution in [1.82, 2.24) is 4.98 Å². The van der Waals surface area contributed by atoms with Gasteiger partial charge in [-0.1, -0.05) is 42.0 Å². The number of imide groups is 1. The maximum atomic E-state index is 13.8. The maximum absolute atomic E-state index is 13.8. The Bertz CT molecular complexity index is 1410. The van der Waals surface area contributed by atoms with Gasteiger partial charge in [-0.25, -0.2) is 0 Å². The van der Waals surface area contributed by atoms with Crippen molar-refractivity contribution in [2.24, 2.45) is 29.6 Å². The Labute approximate surface area is 211 Å². The number of aromatic amines is 1. The van der Waals surface area contributed by atoms with Crippen molar-refractivity contribution in [2.45, 2.75) is 36.5 Å². The number of thioether (sulfide) groups is 1. The van der Waals surface area contributed by atoms with Gasteiger partial charge < -0.3 is 4.98 Å². The van der Waals surface area contributed by atoms with Crippen molar-refractivity contribution in [3.05, 3.63) is 74.1 Å². The minimum absolute atomic E-state index is 0.00176. The molecule has 2 bridgehead atoms. The summed E-state index contributed by atoms with van der Waals surface area (Å²) in [5.41, 5.74) is 4.44. The molecule has 1 saturated heterocycles. The highest BCUT2D eigenvalue weighted by atomic mass is 32.2. The predicted octanol–water partition coefficient (Wildman–Crippen LogP) is 6.10. The first-order chi connectivity index (χ1) is 16.4. The Kier molecular flexibility index (Phi) is 4.58. The molecule has 0 radical (unpaired) electrons. The van der Waals surface area contributed by atoms with Gasteiger partial charge in [0.15, 0.2) is 3.95 Å². The van der Waals surface area contributed by atoms with E-state index >= 15 is 0 Å². The summed E-state index contributed by atoms with van der Waals surface area (Å²) in [7, 11) is 0. The van der Waals surface area contributed by atoms with Gasteiger partial charge in [-0.2, -0.15) is 0 Å². The van der Waals surface area contributed by atoms with Crippen LogP contribution in [0, 0.1) is 47.4 Å². The molecule has 4 nitrogen and oxygen atoms in total. The fourth-order valence-electron chi connectivity index (χ4n) is 7.25. The SMILES string of the molecule is Cc1ccc(N2C(=O)C3C4CC(C3C2=O)C2C(c3ccccc3C)c3sc(=S)[nH]c3SC42)cc1. The summed E-state index contributed by atoms with van der Waals surface area (Å²) in [5.74, 6) is 0.585. The summed E-state index contributed by atoms with van der Waals surface area (Å²) in [5, 5.41) is 1.49. The van der Waals surface area contributed by atoms with E-state index in [1.165, 1.54) is 25.9 Å². The van der Waals surface area contributed by atoms with Gasteiger partial charge >= 0.3 is 0 Å². The van der Waals surface area contributed by atoms with E-state index in [1.807, 2.05) is 43.0 Å². The third-order valence-corrected chi connectivity index (χ3v) is 11.5. The number of H-pyrrole nitrogens is 1. The number of benzene rings is 2. The van der Waals surface area contributed by atoms with Gasteiger partial charge in [-0.3, -0.25) is 14.5 Å². The second kappa shape index (κ2) is 7.39. The largest absolute Gasteiger partial charge is 0.332 e. The molecule has 2 saturated carbocycles. The number of rotatable bonds is 2. The molecule has 172 valence electrons. The third-order valence-electron chi connectivity index (χ3n) is 8.54. The first-order valence-corrected chi connectivity index (χ1v) is 13.9. The highest BCUT2D eigenvalue weighted by Gasteiger charge is 2.69. The number of fused-ring (bicyclic) bond motifs is 9. The molecule has 2 aromatic carbocycles. The number of aromatic nitrogens is 1. The number of anilines is 1. The smallest absolute Gasteiger partial charge is 0.238 e. The van der Waals surface area contributed by atoms with Crippen LogP contribution in [0.4, 0.5) is 5.69 Å². The van der Waals surface area contributed by atoms with Crippen LogP contribution in [0.5, 0.6) is 0 Å². The van der Waals surface area contributed by atoms with Crippen LogP contribution in [0.25, 0.3) is 0 Å². The maximum Gasteiger partial charge on any atom is 0.238 e. The topological polar surface area (TPSA) is 53.2 Å². The molecule has 7 rings (SSSR count). The molecule has 1 N–H and O–H groups in total.